The number of hydrogen-bond acceptors (Lipinski definition) is 3. The van der Waals surface area contributed by atoms with E-state index in [4.69, 9.17) is 9.47 Å². The number of nitrogens with one attached hydrogen (secondary N) is 1. The van der Waals surface area contributed by atoms with Crippen molar-refractivity contribution in [3.05, 3.63) is 29.3 Å². The SMILES string of the molecule is CCNC(COCC(F)(F)F)c1ccc(OC)cc1C. The van der Waals surface area contributed by atoms with Crippen LogP contribution >= 0.6 is 0 Å². The topological polar surface area (TPSA) is 30.5 Å². The highest BCUT2D eigenvalue weighted by Gasteiger charge is 2.28. The summed E-state index contributed by atoms with van der Waals surface area (Å²) in [5.74, 6) is 0.720. The van der Waals surface area contributed by atoms with E-state index in [0.29, 0.717) is 6.54 Å². The first-order valence-electron chi connectivity index (χ1n) is 6.39. The molecule has 0 aliphatic carbocycles. The van der Waals surface area contributed by atoms with Gasteiger partial charge in [-0.3, -0.25) is 0 Å². The van der Waals surface area contributed by atoms with Gasteiger partial charge in [0.2, 0.25) is 0 Å². The van der Waals surface area contributed by atoms with Crippen LogP contribution in [-0.2, 0) is 4.74 Å². The number of likely N-dealkylation sites (N-methyl/N-ethyl adjacent to an activating group) is 1. The molecule has 6 heteroatoms. The molecule has 0 aliphatic heterocycles. The van der Waals surface area contributed by atoms with Crippen LogP contribution in [0.25, 0.3) is 0 Å². The molecule has 0 fully saturated rings. The van der Waals surface area contributed by atoms with Crippen molar-refractivity contribution in [2.75, 3.05) is 26.9 Å². The summed E-state index contributed by atoms with van der Waals surface area (Å²) >= 11 is 0. The summed E-state index contributed by atoms with van der Waals surface area (Å²) in [7, 11) is 1.57. The monoisotopic (exact) mass is 291 g/mol. The number of aryl methyl sites for hydroxylation is 1. The molecule has 0 aliphatic rings. The van der Waals surface area contributed by atoms with Gasteiger partial charge in [0.15, 0.2) is 0 Å². The lowest BCUT2D eigenvalue weighted by Gasteiger charge is -2.21. The standard InChI is InChI=1S/C14H20F3NO2/c1-4-18-13(8-20-9-14(15,16)17)12-6-5-11(19-3)7-10(12)2/h5-7,13,18H,4,8-9H2,1-3H3. The average molecular weight is 291 g/mol. The first-order valence-corrected chi connectivity index (χ1v) is 6.39. The van der Waals surface area contributed by atoms with Gasteiger partial charge >= 0.3 is 6.18 Å². The largest absolute Gasteiger partial charge is 0.497 e. The normalized spacial score (nSPS) is 13.3. The van der Waals surface area contributed by atoms with Gasteiger partial charge in [0.25, 0.3) is 0 Å². The molecular weight excluding hydrogens is 271 g/mol. The Labute approximate surface area is 117 Å². The van der Waals surface area contributed by atoms with Crippen molar-refractivity contribution in [3.63, 3.8) is 0 Å². The summed E-state index contributed by atoms with van der Waals surface area (Å²) in [6.45, 7) is 3.18. The fourth-order valence-corrected chi connectivity index (χ4v) is 1.96. The van der Waals surface area contributed by atoms with E-state index in [0.717, 1.165) is 16.9 Å². The molecule has 3 nitrogen and oxygen atoms in total. The summed E-state index contributed by atoms with van der Waals surface area (Å²) in [6, 6.07) is 5.21. The molecule has 0 saturated carbocycles. The van der Waals surface area contributed by atoms with Crippen LogP contribution in [0, 0.1) is 6.92 Å². The molecule has 0 bridgehead atoms. The second kappa shape index (κ2) is 7.50. The van der Waals surface area contributed by atoms with Crippen LogP contribution in [0.15, 0.2) is 18.2 Å². The van der Waals surface area contributed by atoms with Crippen LogP contribution < -0.4 is 10.1 Å². The quantitative estimate of drug-likeness (QED) is 0.836. The van der Waals surface area contributed by atoms with Gasteiger partial charge in [-0.1, -0.05) is 13.0 Å². The molecule has 1 aromatic rings. The maximum Gasteiger partial charge on any atom is 0.411 e. The van der Waals surface area contributed by atoms with Gasteiger partial charge < -0.3 is 14.8 Å². The van der Waals surface area contributed by atoms with Crippen molar-refractivity contribution in [2.24, 2.45) is 0 Å². The van der Waals surface area contributed by atoms with E-state index in [1.165, 1.54) is 0 Å². The molecule has 114 valence electrons. The number of methoxy groups -OCH3 is 1. The molecule has 0 aromatic heterocycles. The third-order valence-electron chi connectivity index (χ3n) is 2.85. The van der Waals surface area contributed by atoms with Gasteiger partial charge in [-0.05, 0) is 36.7 Å². The minimum absolute atomic E-state index is 0.0273. The van der Waals surface area contributed by atoms with Crippen molar-refractivity contribution in [1.29, 1.82) is 0 Å². The van der Waals surface area contributed by atoms with Gasteiger partial charge in [0.1, 0.15) is 12.4 Å². The second-order valence-electron chi connectivity index (χ2n) is 4.46. The highest BCUT2D eigenvalue weighted by atomic mass is 19.4. The van der Waals surface area contributed by atoms with Gasteiger partial charge in [0, 0.05) is 0 Å². The van der Waals surface area contributed by atoms with Crippen LogP contribution in [-0.4, -0.2) is 33.0 Å². The smallest absolute Gasteiger partial charge is 0.411 e. The summed E-state index contributed by atoms with van der Waals surface area (Å²) in [6.07, 6.45) is -4.30. The third-order valence-corrected chi connectivity index (χ3v) is 2.85. The Hall–Kier alpha value is -1.27. The fourth-order valence-electron chi connectivity index (χ4n) is 1.96. The summed E-state index contributed by atoms with van der Waals surface area (Å²) < 4.78 is 46.2. The Morgan fingerprint density at radius 3 is 2.50 bits per heavy atom. The van der Waals surface area contributed by atoms with Crippen molar-refractivity contribution in [1.82, 2.24) is 5.32 Å². The minimum atomic E-state index is -4.30. The number of rotatable bonds is 7. The Morgan fingerprint density at radius 2 is 2.00 bits per heavy atom. The summed E-state index contributed by atoms with van der Waals surface area (Å²) in [5.41, 5.74) is 1.86. The van der Waals surface area contributed by atoms with Gasteiger partial charge in [-0.15, -0.1) is 0 Å². The molecular formula is C14H20F3NO2. The zero-order chi connectivity index (χ0) is 15.2. The van der Waals surface area contributed by atoms with Gasteiger partial charge in [-0.2, -0.15) is 13.2 Å². The Kier molecular flexibility index (Phi) is 6.29. The van der Waals surface area contributed by atoms with Crippen LogP contribution in [0.3, 0.4) is 0 Å². The van der Waals surface area contributed by atoms with E-state index in [1.807, 2.05) is 26.0 Å². The molecule has 1 aromatic carbocycles. The molecule has 1 rings (SSSR count). The molecule has 0 spiro atoms. The van der Waals surface area contributed by atoms with E-state index in [-0.39, 0.29) is 12.6 Å². The van der Waals surface area contributed by atoms with Crippen molar-refractivity contribution < 1.29 is 22.6 Å². The lowest BCUT2D eigenvalue weighted by Crippen LogP contribution is -2.28. The zero-order valence-corrected chi connectivity index (χ0v) is 11.9. The molecule has 0 amide bonds. The molecule has 0 heterocycles. The van der Waals surface area contributed by atoms with Crippen molar-refractivity contribution in [2.45, 2.75) is 26.1 Å². The number of benzene rings is 1. The van der Waals surface area contributed by atoms with Crippen LogP contribution in [0.5, 0.6) is 5.75 Å². The summed E-state index contributed by atoms with van der Waals surface area (Å²) in [4.78, 5) is 0. The molecule has 1 N–H and O–H groups in total. The van der Waals surface area contributed by atoms with E-state index in [2.05, 4.69) is 5.32 Å². The zero-order valence-electron chi connectivity index (χ0n) is 11.9. The van der Waals surface area contributed by atoms with Gasteiger partial charge in [0.05, 0.1) is 19.8 Å². The molecule has 20 heavy (non-hydrogen) atoms. The van der Waals surface area contributed by atoms with Gasteiger partial charge in [-0.25, -0.2) is 0 Å². The van der Waals surface area contributed by atoms with Crippen LogP contribution in [0.4, 0.5) is 13.2 Å². The van der Waals surface area contributed by atoms with Crippen molar-refractivity contribution >= 4 is 0 Å². The second-order valence-corrected chi connectivity index (χ2v) is 4.46. The predicted molar refractivity (Wildman–Crippen MR) is 71.0 cm³/mol. The molecule has 0 saturated heterocycles. The number of alkyl halides is 3. The molecule has 0 radical (unpaired) electrons. The molecule has 1 atom stereocenters. The molecule has 1 unspecified atom stereocenters. The Balaban J connectivity index is 2.75. The number of hydrogen-bond donors (Lipinski definition) is 1. The maximum atomic E-state index is 12.1. The lowest BCUT2D eigenvalue weighted by molar-refractivity contribution is -0.175. The van der Waals surface area contributed by atoms with E-state index in [1.54, 1.807) is 13.2 Å². The fraction of sp³-hybridized carbons (Fsp3) is 0.571. The average Bonchev–Trinajstić information content (AvgIpc) is 2.36. The van der Waals surface area contributed by atoms with E-state index in [9.17, 15) is 13.2 Å². The van der Waals surface area contributed by atoms with E-state index >= 15 is 0 Å². The maximum absolute atomic E-state index is 12.1. The lowest BCUT2D eigenvalue weighted by atomic mass is 10.0. The predicted octanol–water partition coefficient (Wildman–Crippen LogP) is 3.23. The van der Waals surface area contributed by atoms with Crippen LogP contribution in [0.2, 0.25) is 0 Å². The Bertz CT molecular complexity index is 421. The third kappa shape index (κ3) is 5.38. The highest BCUT2D eigenvalue weighted by molar-refractivity contribution is 5.36. The highest BCUT2D eigenvalue weighted by Crippen LogP contribution is 2.23. The number of ether oxygens (including phenoxy) is 2. The summed E-state index contributed by atoms with van der Waals surface area (Å²) in [5, 5.41) is 3.13. The van der Waals surface area contributed by atoms with E-state index < -0.39 is 12.8 Å². The first-order chi connectivity index (χ1) is 9.37. The Morgan fingerprint density at radius 1 is 1.30 bits per heavy atom. The number of halogens is 3. The van der Waals surface area contributed by atoms with Crippen LogP contribution in [0.1, 0.15) is 24.1 Å². The van der Waals surface area contributed by atoms with Crippen molar-refractivity contribution in [3.8, 4) is 5.75 Å². The first kappa shape index (κ1) is 16.8. The minimum Gasteiger partial charge on any atom is -0.497 e.